The molecule has 4 rings (SSSR count). The van der Waals surface area contributed by atoms with Crippen molar-refractivity contribution < 1.29 is 14.3 Å². The Kier molecular flexibility index (Phi) is 5.80. The van der Waals surface area contributed by atoms with Gasteiger partial charge in [0, 0.05) is 37.7 Å². The van der Waals surface area contributed by atoms with E-state index in [1.165, 1.54) is 5.56 Å². The van der Waals surface area contributed by atoms with Crippen molar-refractivity contribution >= 4 is 11.7 Å². The molecule has 1 heterocycles. The third kappa shape index (κ3) is 3.94. The maximum Gasteiger partial charge on any atom is 0.343 e. The van der Waals surface area contributed by atoms with E-state index in [0.717, 1.165) is 48.6 Å². The lowest BCUT2D eigenvalue weighted by Gasteiger charge is -2.40. The number of carbonyl (C=O) groups is 1. The number of ether oxygens (including phenoxy) is 2. The molecule has 0 radical (unpaired) electrons. The molecule has 1 fully saturated rings. The molecule has 164 valence electrons. The number of hydrogen-bond donors (Lipinski definition) is 0. The van der Waals surface area contributed by atoms with E-state index in [4.69, 9.17) is 9.47 Å². The van der Waals surface area contributed by atoms with Gasteiger partial charge in [0.2, 0.25) is 0 Å². The molecule has 2 aromatic carbocycles. The van der Waals surface area contributed by atoms with Crippen LogP contribution in [0.2, 0.25) is 0 Å². The second kappa shape index (κ2) is 8.39. The number of carbonyl (C=O) groups excluding carboxylic acids is 1. The van der Waals surface area contributed by atoms with Crippen LogP contribution in [0.4, 0.5) is 5.69 Å². The monoisotopic (exact) mass is 420 g/mol. The van der Waals surface area contributed by atoms with Crippen LogP contribution in [0, 0.1) is 6.92 Å². The van der Waals surface area contributed by atoms with E-state index in [2.05, 4.69) is 43.1 Å². The highest BCUT2D eigenvalue weighted by molar-refractivity contribution is 5.90. The van der Waals surface area contributed by atoms with E-state index in [-0.39, 0.29) is 17.4 Å². The summed E-state index contributed by atoms with van der Waals surface area (Å²) in [5, 5.41) is 0. The summed E-state index contributed by atoms with van der Waals surface area (Å²) in [6.07, 6.45) is 4.95. The molecule has 0 spiro atoms. The van der Waals surface area contributed by atoms with Gasteiger partial charge in [-0.05, 0) is 80.9 Å². The van der Waals surface area contributed by atoms with E-state index in [1.54, 1.807) is 7.11 Å². The number of fused-ring (bicyclic) bond motifs is 1. The van der Waals surface area contributed by atoms with E-state index in [9.17, 15) is 4.79 Å². The quantitative estimate of drug-likeness (QED) is 0.664. The van der Waals surface area contributed by atoms with E-state index in [1.807, 2.05) is 43.3 Å². The molecule has 2 aliphatic rings. The first kappa shape index (κ1) is 21.4. The lowest BCUT2D eigenvalue weighted by molar-refractivity contribution is 0.0593. The van der Waals surface area contributed by atoms with Gasteiger partial charge in [0.1, 0.15) is 11.5 Å². The van der Waals surface area contributed by atoms with Crippen molar-refractivity contribution in [3.8, 4) is 5.75 Å². The SMILES string of the molecule is COc1cc(C23CCC(OC(=O)c4ccc(N(C)C)cc4)=CC2N(C)CC3)ccc1C. The summed E-state index contributed by atoms with van der Waals surface area (Å²) in [5.41, 5.74) is 4.11. The van der Waals surface area contributed by atoms with Crippen LogP contribution >= 0.6 is 0 Å². The molecule has 1 saturated heterocycles. The van der Waals surface area contributed by atoms with Crippen molar-refractivity contribution in [1.29, 1.82) is 0 Å². The smallest absolute Gasteiger partial charge is 0.343 e. The summed E-state index contributed by atoms with van der Waals surface area (Å²) >= 11 is 0. The van der Waals surface area contributed by atoms with Crippen molar-refractivity contribution in [2.75, 3.05) is 39.7 Å². The standard InChI is InChI=1S/C26H32N2O3/c1-18-6-9-20(16-23(18)30-5)26-13-12-22(17-24(26)28(4)15-14-26)31-25(29)19-7-10-21(11-8-19)27(2)3/h6-11,16-17,24H,12-15H2,1-5H3. The Morgan fingerprint density at radius 3 is 2.55 bits per heavy atom. The highest BCUT2D eigenvalue weighted by atomic mass is 16.5. The van der Waals surface area contributed by atoms with Crippen molar-refractivity contribution in [3.05, 3.63) is 71.0 Å². The largest absolute Gasteiger partial charge is 0.496 e. The average Bonchev–Trinajstić information content (AvgIpc) is 3.11. The van der Waals surface area contributed by atoms with Crippen molar-refractivity contribution in [1.82, 2.24) is 4.90 Å². The van der Waals surface area contributed by atoms with Crippen LogP contribution in [-0.2, 0) is 10.2 Å². The number of rotatable bonds is 5. The van der Waals surface area contributed by atoms with Gasteiger partial charge in [-0.2, -0.15) is 0 Å². The number of anilines is 1. The van der Waals surface area contributed by atoms with Crippen LogP contribution in [0.25, 0.3) is 0 Å². The summed E-state index contributed by atoms with van der Waals surface area (Å²) in [6.45, 7) is 3.09. The van der Waals surface area contributed by atoms with Crippen LogP contribution in [0.3, 0.4) is 0 Å². The van der Waals surface area contributed by atoms with Crippen molar-refractivity contribution in [2.24, 2.45) is 0 Å². The molecule has 31 heavy (non-hydrogen) atoms. The van der Waals surface area contributed by atoms with Crippen LogP contribution in [0.15, 0.2) is 54.3 Å². The molecule has 0 saturated carbocycles. The Balaban J connectivity index is 1.57. The average molecular weight is 421 g/mol. The van der Waals surface area contributed by atoms with Crippen LogP contribution in [0.5, 0.6) is 5.75 Å². The lowest BCUT2D eigenvalue weighted by atomic mass is 9.68. The molecule has 1 aliphatic carbocycles. The Bertz CT molecular complexity index is 996. The van der Waals surface area contributed by atoms with Gasteiger partial charge >= 0.3 is 5.97 Å². The van der Waals surface area contributed by atoms with Crippen LogP contribution < -0.4 is 9.64 Å². The maximum atomic E-state index is 12.7. The normalized spacial score (nSPS) is 23.1. The molecule has 0 aromatic heterocycles. The van der Waals surface area contributed by atoms with E-state index in [0.29, 0.717) is 5.56 Å². The Hall–Kier alpha value is -2.79. The molecule has 2 atom stereocenters. The van der Waals surface area contributed by atoms with Gasteiger partial charge in [-0.3, -0.25) is 4.90 Å². The van der Waals surface area contributed by atoms with Crippen molar-refractivity contribution in [2.45, 2.75) is 37.6 Å². The van der Waals surface area contributed by atoms with Crippen LogP contribution in [0.1, 0.15) is 40.7 Å². The predicted octanol–water partition coefficient (Wildman–Crippen LogP) is 4.55. The third-order valence-corrected chi connectivity index (χ3v) is 6.94. The number of likely N-dealkylation sites (N-methyl/N-ethyl adjacent to an activating group) is 1. The van der Waals surface area contributed by atoms with Gasteiger partial charge in [-0.15, -0.1) is 0 Å². The zero-order valence-electron chi connectivity index (χ0n) is 19.1. The number of hydrogen-bond acceptors (Lipinski definition) is 5. The number of nitrogens with zero attached hydrogens (tertiary/aromatic N) is 2. The van der Waals surface area contributed by atoms with Gasteiger partial charge in [0.05, 0.1) is 12.7 Å². The molecule has 5 heteroatoms. The summed E-state index contributed by atoms with van der Waals surface area (Å²) in [5.74, 6) is 1.42. The molecular weight excluding hydrogens is 388 g/mol. The van der Waals surface area contributed by atoms with Crippen molar-refractivity contribution in [3.63, 3.8) is 0 Å². The first-order valence-corrected chi connectivity index (χ1v) is 10.9. The zero-order valence-corrected chi connectivity index (χ0v) is 19.1. The maximum absolute atomic E-state index is 12.7. The van der Waals surface area contributed by atoms with Gasteiger partial charge in [-0.25, -0.2) is 4.79 Å². The Morgan fingerprint density at radius 1 is 1.13 bits per heavy atom. The summed E-state index contributed by atoms with van der Waals surface area (Å²) in [6, 6.07) is 14.3. The zero-order chi connectivity index (χ0) is 22.2. The molecule has 0 bridgehead atoms. The minimum atomic E-state index is -0.290. The predicted molar refractivity (Wildman–Crippen MR) is 124 cm³/mol. The lowest BCUT2D eigenvalue weighted by Crippen LogP contribution is -2.42. The van der Waals surface area contributed by atoms with Gasteiger partial charge in [0.25, 0.3) is 0 Å². The number of allylic oxidation sites excluding steroid dienone is 1. The highest BCUT2D eigenvalue weighted by Crippen LogP contribution is 2.48. The number of aryl methyl sites for hydroxylation is 1. The highest BCUT2D eigenvalue weighted by Gasteiger charge is 2.48. The molecule has 2 unspecified atom stereocenters. The number of esters is 1. The molecule has 2 aromatic rings. The fourth-order valence-electron chi connectivity index (χ4n) is 5.00. The topological polar surface area (TPSA) is 42.0 Å². The second-order valence-electron chi connectivity index (χ2n) is 8.98. The third-order valence-electron chi connectivity index (χ3n) is 6.94. The molecule has 0 amide bonds. The summed E-state index contributed by atoms with van der Waals surface area (Å²) in [7, 11) is 7.84. The van der Waals surface area contributed by atoms with Gasteiger partial charge < -0.3 is 14.4 Å². The minimum absolute atomic E-state index is 0.0268. The van der Waals surface area contributed by atoms with Gasteiger partial charge in [-0.1, -0.05) is 12.1 Å². The fraction of sp³-hybridized carbons (Fsp3) is 0.423. The molecule has 0 N–H and O–H groups in total. The fourth-order valence-corrected chi connectivity index (χ4v) is 5.00. The number of methoxy groups -OCH3 is 1. The number of likely N-dealkylation sites (tertiary alicyclic amines) is 1. The molecular formula is C26H32N2O3. The van der Waals surface area contributed by atoms with E-state index < -0.39 is 0 Å². The Labute approximate surface area is 185 Å². The first-order chi connectivity index (χ1) is 14.8. The first-order valence-electron chi connectivity index (χ1n) is 10.9. The van der Waals surface area contributed by atoms with Gasteiger partial charge in [0.15, 0.2) is 0 Å². The Morgan fingerprint density at radius 2 is 1.87 bits per heavy atom. The summed E-state index contributed by atoms with van der Waals surface area (Å²) < 4.78 is 11.4. The van der Waals surface area contributed by atoms with E-state index >= 15 is 0 Å². The van der Waals surface area contributed by atoms with Crippen LogP contribution in [-0.4, -0.2) is 51.7 Å². The molecule has 5 nitrogen and oxygen atoms in total. The summed E-state index contributed by atoms with van der Waals surface area (Å²) in [4.78, 5) is 17.1. The molecule has 1 aliphatic heterocycles. The number of benzene rings is 2. The minimum Gasteiger partial charge on any atom is -0.496 e. The second-order valence-corrected chi connectivity index (χ2v) is 8.98.